The number of hydrogen-bond donors (Lipinski definition) is 0. The Hall–Kier alpha value is -1.20. The van der Waals surface area contributed by atoms with Crippen LogP contribution >= 0.6 is 0 Å². The Bertz CT molecular complexity index is 221. The lowest BCUT2D eigenvalue weighted by Gasteiger charge is -2.37. The first-order valence-corrected chi connectivity index (χ1v) is 3.21. The van der Waals surface area contributed by atoms with E-state index in [1.54, 1.807) is 0 Å². The second kappa shape index (κ2) is 2.69. The first-order chi connectivity index (χ1) is 5.46. The van der Waals surface area contributed by atoms with Crippen molar-refractivity contribution in [1.29, 1.82) is 0 Å². The van der Waals surface area contributed by atoms with Crippen LogP contribution in [-0.4, -0.2) is 42.9 Å². The molecule has 1 heterocycles. The van der Waals surface area contributed by atoms with Crippen molar-refractivity contribution in [2.24, 2.45) is 0 Å². The van der Waals surface area contributed by atoms with Crippen molar-refractivity contribution in [3.63, 3.8) is 0 Å². The SMILES string of the molecule is COC(=O)C(=O)N1CC(F)(F)C1. The number of halogens is 2. The second-order valence-corrected chi connectivity index (χ2v) is 2.51. The van der Waals surface area contributed by atoms with Crippen molar-refractivity contribution in [2.75, 3.05) is 20.2 Å². The molecule has 1 aliphatic heterocycles. The van der Waals surface area contributed by atoms with Crippen LogP contribution in [0.5, 0.6) is 0 Å². The third-order valence-corrected chi connectivity index (χ3v) is 1.49. The average molecular weight is 179 g/mol. The first-order valence-electron chi connectivity index (χ1n) is 3.21. The van der Waals surface area contributed by atoms with Gasteiger partial charge < -0.3 is 9.64 Å². The molecule has 1 amide bonds. The van der Waals surface area contributed by atoms with Gasteiger partial charge in [0.15, 0.2) is 0 Å². The molecule has 1 fully saturated rings. The minimum absolute atomic E-state index is 0.694. The van der Waals surface area contributed by atoms with Gasteiger partial charge in [0.05, 0.1) is 20.2 Å². The highest BCUT2D eigenvalue weighted by atomic mass is 19.3. The van der Waals surface area contributed by atoms with Crippen molar-refractivity contribution in [3.05, 3.63) is 0 Å². The lowest BCUT2D eigenvalue weighted by molar-refractivity contribution is -0.177. The van der Waals surface area contributed by atoms with E-state index in [4.69, 9.17) is 0 Å². The van der Waals surface area contributed by atoms with Crippen LogP contribution in [0.3, 0.4) is 0 Å². The minimum Gasteiger partial charge on any atom is -0.462 e. The Kier molecular flexibility index (Phi) is 1.99. The highest BCUT2D eigenvalue weighted by Crippen LogP contribution is 2.26. The normalized spacial score (nSPS) is 19.8. The van der Waals surface area contributed by atoms with Gasteiger partial charge in [0, 0.05) is 0 Å². The highest BCUT2D eigenvalue weighted by molar-refractivity contribution is 6.32. The maximum atomic E-state index is 12.2. The fourth-order valence-electron chi connectivity index (χ4n) is 0.872. The molecule has 0 spiro atoms. The standard InChI is InChI=1S/C6H7F2NO3/c1-12-5(11)4(10)9-2-6(7,8)3-9/h2-3H2,1H3. The average Bonchev–Trinajstić information content (AvgIpc) is 1.97. The van der Waals surface area contributed by atoms with Gasteiger partial charge in [0.1, 0.15) is 0 Å². The maximum absolute atomic E-state index is 12.2. The van der Waals surface area contributed by atoms with E-state index in [1.165, 1.54) is 0 Å². The number of ether oxygens (including phenoxy) is 1. The summed E-state index contributed by atoms with van der Waals surface area (Å²) in [6.45, 7) is -1.39. The van der Waals surface area contributed by atoms with E-state index in [-0.39, 0.29) is 0 Å². The Balaban J connectivity index is 2.43. The third-order valence-electron chi connectivity index (χ3n) is 1.49. The zero-order valence-electron chi connectivity index (χ0n) is 6.34. The third kappa shape index (κ3) is 1.51. The number of carbonyl (C=O) groups is 2. The molecule has 6 heteroatoms. The monoisotopic (exact) mass is 179 g/mol. The van der Waals surface area contributed by atoms with Crippen LogP contribution in [0.15, 0.2) is 0 Å². The van der Waals surface area contributed by atoms with Crippen molar-refractivity contribution in [1.82, 2.24) is 4.90 Å². The molecule has 0 radical (unpaired) electrons. The summed E-state index contributed by atoms with van der Waals surface area (Å²) in [6.07, 6.45) is 0. The van der Waals surface area contributed by atoms with Crippen LogP contribution in [0.4, 0.5) is 8.78 Å². The smallest absolute Gasteiger partial charge is 0.396 e. The Morgan fingerprint density at radius 2 is 1.92 bits per heavy atom. The Morgan fingerprint density at radius 3 is 2.25 bits per heavy atom. The van der Waals surface area contributed by atoms with Gasteiger partial charge in [0.2, 0.25) is 0 Å². The van der Waals surface area contributed by atoms with E-state index in [2.05, 4.69) is 4.74 Å². The van der Waals surface area contributed by atoms with Gasteiger partial charge in [-0.15, -0.1) is 0 Å². The summed E-state index contributed by atoms with van der Waals surface area (Å²) in [5.41, 5.74) is 0. The van der Waals surface area contributed by atoms with Crippen LogP contribution in [0.25, 0.3) is 0 Å². The summed E-state index contributed by atoms with van der Waals surface area (Å²) in [6, 6.07) is 0. The second-order valence-electron chi connectivity index (χ2n) is 2.51. The number of esters is 1. The van der Waals surface area contributed by atoms with Gasteiger partial charge >= 0.3 is 11.9 Å². The predicted molar refractivity (Wildman–Crippen MR) is 33.5 cm³/mol. The molecule has 0 aliphatic carbocycles. The lowest BCUT2D eigenvalue weighted by atomic mass is 10.1. The van der Waals surface area contributed by atoms with E-state index in [0.717, 1.165) is 12.0 Å². The van der Waals surface area contributed by atoms with E-state index in [0.29, 0.717) is 0 Å². The van der Waals surface area contributed by atoms with E-state index in [1.807, 2.05) is 0 Å². The van der Waals surface area contributed by atoms with Crippen molar-refractivity contribution in [2.45, 2.75) is 5.92 Å². The quantitative estimate of drug-likeness (QED) is 0.376. The van der Waals surface area contributed by atoms with Gasteiger partial charge in [-0.3, -0.25) is 4.79 Å². The molecule has 4 nitrogen and oxygen atoms in total. The molecule has 0 N–H and O–H groups in total. The summed E-state index contributed by atoms with van der Waals surface area (Å²) in [5, 5.41) is 0. The summed E-state index contributed by atoms with van der Waals surface area (Å²) < 4.78 is 28.4. The van der Waals surface area contributed by atoms with Gasteiger partial charge in [-0.2, -0.15) is 0 Å². The molecule has 0 aromatic carbocycles. The molecule has 1 aliphatic rings. The first kappa shape index (κ1) is 8.89. The molecule has 12 heavy (non-hydrogen) atoms. The molecule has 0 saturated carbocycles. The topological polar surface area (TPSA) is 46.6 Å². The molecule has 0 atom stereocenters. The molecule has 1 rings (SSSR count). The zero-order valence-corrected chi connectivity index (χ0v) is 6.34. The zero-order chi connectivity index (χ0) is 9.35. The van der Waals surface area contributed by atoms with Gasteiger partial charge in [-0.05, 0) is 0 Å². The number of likely N-dealkylation sites (tertiary alicyclic amines) is 1. The van der Waals surface area contributed by atoms with Crippen molar-refractivity contribution >= 4 is 11.9 Å². The fraction of sp³-hybridized carbons (Fsp3) is 0.667. The summed E-state index contributed by atoms with van der Waals surface area (Å²) in [4.78, 5) is 22.0. The van der Waals surface area contributed by atoms with E-state index in [9.17, 15) is 18.4 Å². The Morgan fingerprint density at radius 1 is 1.42 bits per heavy atom. The molecule has 0 unspecified atom stereocenters. The molecule has 0 aromatic heterocycles. The van der Waals surface area contributed by atoms with Gasteiger partial charge in [-0.1, -0.05) is 0 Å². The summed E-state index contributed by atoms with van der Waals surface area (Å²) in [5.74, 6) is -4.96. The Labute approximate surface area is 67.1 Å². The number of rotatable bonds is 0. The minimum atomic E-state index is -2.84. The van der Waals surface area contributed by atoms with Crippen molar-refractivity contribution < 1.29 is 23.1 Å². The van der Waals surface area contributed by atoms with Crippen LogP contribution in [0, 0.1) is 0 Å². The maximum Gasteiger partial charge on any atom is 0.396 e. The number of alkyl halides is 2. The van der Waals surface area contributed by atoms with Crippen LogP contribution in [0.2, 0.25) is 0 Å². The van der Waals surface area contributed by atoms with Crippen LogP contribution < -0.4 is 0 Å². The highest BCUT2D eigenvalue weighted by Gasteiger charge is 2.48. The van der Waals surface area contributed by atoms with Crippen LogP contribution in [0.1, 0.15) is 0 Å². The van der Waals surface area contributed by atoms with E-state index >= 15 is 0 Å². The van der Waals surface area contributed by atoms with Gasteiger partial charge in [0.25, 0.3) is 5.92 Å². The number of carbonyl (C=O) groups excluding carboxylic acids is 2. The number of hydrogen-bond acceptors (Lipinski definition) is 3. The molecular weight excluding hydrogens is 172 g/mol. The number of methoxy groups -OCH3 is 1. The van der Waals surface area contributed by atoms with Crippen molar-refractivity contribution in [3.8, 4) is 0 Å². The molecule has 0 bridgehead atoms. The predicted octanol–water partition coefficient (Wildman–Crippen LogP) is -0.363. The molecule has 68 valence electrons. The molecular formula is C6H7F2NO3. The fourth-order valence-corrected chi connectivity index (χ4v) is 0.872. The lowest BCUT2D eigenvalue weighted by Crippen LogP contribution is -2.60. The molecule has 0 aromatic rings. The van der Waals surface area contributed by atoms with Crippen LogP contribution in [-0.2, 0) is 14.3 Å². The van der Waals surface area contributed by atoms with Gasteiger partial charge in [-0.25, -0.2) is 13.6 Å². The largest absolute Gasteiger partial charge is 0.462 e. The number of amides is 1. The summed E-state index contributed by atoms with van der Waals surface area (Å²) >= 11 is 0. The summed E-state index contributed by atoms with van der Waals surface area (Å²) in [7, 11) is 1.03. The van der Waals surface area contributed by atoms with E-state index < -0.39 is 30.9 Å². The number of nitrogens with zero attached hydrogens (tertiary/aromatic N) is 1. The molecule has 1 saturated heterocycles.